The number of hydrogen-bond donors (Lipinski definition) is 3. The van der Waals surface area contributed by atoms with E-state index in [2.05, 4.69) is 10.6 Å². The van der Waals surface area contributed by atoms with Gasteiger partial charge in [0.1, 0.15) is 17.8 Å². The van der Waals surface area contributed by atoms with E-state index < -0.39 is 29.9 Å². The lowest BCUT2D eigenvalue weighted by molar-refractivity contribution is -0.142. The van der Waals surface area contributed by atoms with Gasteiger partial charge in [-0.2, -0.15) is 0 Å². The quantitative estimate of drug-likeness (QED) is 0.622. The van der Waals surface area contributed by atoms with Crippen LogP contribution in [-0.2, 0) is 9.59 Å². The van der Waals surface area contributed by atoms with Crippen molar-refractivity contribution in [3.05, 3.63) is 29.8 Å². The molecule has 7 nitrogen and oxygen atoms in total. The molecule has 0 aliphatic carbocycles. The van der Waals surface area contributed by atoms with E-state index in [0.29, 0.717) is 17.7 Å². The van der Waals surface area contributed by atoms with Crippen LogP contribution in [0.2, 0.25) is 0 Å². The smallest absolute Gasteiger partial charge is 0.326 e. The number of carboxylic acid groups (broad SMARTS) is 1. The first-order chi connectivity index (χ1) is 12.1. The van der Waals surface area contributed by atoms with Crippen molar-refractivity contribution in [2.75, 3.05) is 7.11 Å². The third-order valence-electron chi connectivity index (χ3n) is 3.91. The molecule has 2 amide bonds. The van der Waals surface area contributed by atoms with Crippen molar-refractivity contribution < 1.29 is 24.2 Å². The maximum Gasteiger partial charge on any atom is 0.326 e. The predicted octanol–water partition coefficient (Wildman–Crippen LogP) is 2.07. The Bertz CT molecular complexity index is 625. The molecule has 1 aromatic carbocycles. The van der Waals surface area contributed by atoms with E-state index in [1.165, 1.54) is 7.11 Å². The summed E-state index contributed by atoms with van der Waals surface area (Å²) < 4.78 is 5.05. The molecule has 0 aromatic heterocycles. The van der Waals surface area contributed by atoms with Gasteiger partial charge in [0.2, 0.25) is 5.91 Å². The van der Waals surface area contributed by atoms with Gasteiger partial charge in [-0.1, -0.05) is 27.7 Å². The van der Waals surface area contributed by atoms with Crippen molar-refractivity contribution in [1.29, 1.82) is 0 Å². The van der Waals surface area contributed by atoms with E-state index in [1.54, 1.807) is 38.1 Å². The highest BCUT2D eigenvalue weighted by atomic mass is 16.5. The van der Waals surface area contributed by atoms with E-state index in [0.717, 1.165) is 0 Å². The van der Waals surface area contributed by atoms with Crippen LogP contribution in [0.25, 0.3) is 0 Å². The van der Waals surface area contributed by atoms with E-state index in [1.807, 2.05) is 13.8 Å². The van der Waals surface area contributed by atoms with Gasteiger partial charge in [0.15, 0.2) is 0 Å². The number of carboxylic acids is 1. The molecule has 0 radical (unpaired) electrons. The summed E-state index contributed by atoms with van der Waals surface area (Å²) in [6.45, 7) is 7.34. The van der Waals surface area contributed by atoms with Crippen LogP contribution in [-0.4, -0.2) is 42.1 Å². The first-order valence-electron chi connectivity index (χ1n) is 8.63. The number of amides is 2. The molecule has 144 valence electrons. The van der Waals surface area contributed by atoms with Crippen LogP contribution in [0.3, 0.4) is 0 Å². The van der Waals surface area contributed by atoms with Crippen LogP contribution in [0.1, 0.15) is 44.5 Å². The molecule has 0 spiro atoms. The second kappa shape index (κ2) is 9.79. The molecule has 1 aromatic rings. The Morgan fingerprint density at radius 1 is 1.04 bits per heavy atom. The number of ether oxygens (including phenoxy) is 1. The maximum absolute atomic E-state index is 12.5. The second-order valence-corrected chi connectivity index (χ2v) is 6.95. The summed E-state index contributed by atoms with van der Waals surface area (Å²) in [5, 5.41) is 14.5. The normalized spacial score (nSPS) is 13.2. The van der Waals surface area contributed by atoms with Crippen LogP contribution >= 0.6 is 0 Å². The zero-order chi connectivity index (χ0) is 19.9. The highest BCUT2D eigenvalue weighted by Gasteiger charge is 2.29. The van der Waals surface area contributed by atoms with E-state index >= 15 is 0 Å². The standard InChI is InChI=1S/C19H28N2O5/c1-11(2)10-15(19(24)25)20-18(23)16(12(3)4)21-17(22)13-6-8-14(26-5)9-7-13/h6-9,11-12,15-16H,10H2,1-5H3,(H,20,23)(H,21,22)(H,24,25)/t15-,16?/m1/s1. The zero-order valence-electron chi connectivity index (χ0n) is 15.9. The SMILES string of the molecule is COc1ccc(C(=O)NC(C(=O)N[C@H](CC(C)C)C(=O)O)C(C)C)cc1. The van der Waals surface area contributed by atoms with E-state index in [9.17, 15) is 19.5 Å². The van der Waals surface area contributed by atoms with Gasteiger partial charge in [-0.15, -0.1) is 0 Å². The van der Waals surface area contributed by atoms with Gasteiger partial charge in [-0.05, 0) is 42.5 Å². The third-order valence-corrected chi connectivity index (χ3v) is 3.91. The van der Waals surface area contributed by atoms with Crippen molar-refractivity contribution in [2.45, 2.75) is 46.2 Å². The van der Waals surface area contributed by atoms with Gasteiger partial charge < -0.3 is 20.5 Å². The van der Waals surface area contributed by atoms with Gasteiger partial charge >= 0.3 is 5.97 Å². The molecule has 0 heterocycles. The molecule has 0 bridgehead atoms. The summed E-state index contributed by atoms with van der Waals surface area (Å²) in [6.07, 6.45) is 0.318. The minimum absolute atomic E-state index is 0.114. The van der Waals surface area contributed by atoms with Gasteiger partial charge in [-0.3, -0.25) is 9.59 Å². The summed E-state index contributed by atoms with van der Waals surface area (Å²) in [4.78, 5) is 36.3. The Morgan fingerprint density at radius 2 is 1.62 bits per heavy atom. The molecule has 2 atom stereocenters. The highest BCUT2D eigenvalue weighted by Crippen LogP contribution is 2.13. The summed E-state index contributed by atoms with van der Waals surface area (Å²) in [5.74, 6) is -1.46. The Hall–Kier alpha value is -2.57. The lowest BCUT2D eigenvalue weighted by atomic mass is 10.00. The molecule has 0 saturated carbocycles. The largest absolute Gasteiger partial charge is 0.497 e. The maximum atomic E-state index is 12.5. The van der Waals surface area contributed by atoms with Crippen LogP contribution in [0.4, 0.5) is 0 Å². The number of carbonyl (C=O) groups excluding carboxylic acids is 2. The van der Waals surface area contributed by atoms with Crippen LogP contribution < -0.4 is 15.4 Å². The molecule has 0 aliphatic rings. The summed E-state index contributed by atoms with van der Waals surface area (Å²) in [7, 11) is 1.53. The molecule has 26 heavy (non-hydrogen) atoms. The molecule has 1 unspecified atom stereocenters. The summed E-state index contributed by atoms with van der Waals surface area (Å²) >= 11 is 0. The molecular formula is C19H28N2O5. The van der Waals surface area contributed by atoms with Crippen LogP contribution in [0, 0.1) is 11.8 Å². The van der Waals surface area contributed by atoms with Gasteiger partial charge in [-0.25, -0.2) is 4.79 Å². The van der Waals surface area contributed by atoms with Crippen LogP contribution in [0.5, 0.6) is 5.75 Å². The third kappa shape index (κ3) is 6.38. The fraction of sp³-hybridized carbons (Fsp3) is 0.526. The second-order valence-electron chi connectivity index (χ2n) is 6.95. The first kappa shape index (κ1) is 21.5. The van der Waals surface area contributed by atoms with Gasteiger partial charge in [0.05, 0.1) is 7.11 Å². The Labute approximate surface area is 154 Å². The number of benzene rings is 1. The Kier molecular flexibility index (Phi) is 8.09. The topological polar surface area (TPSA) is 105 Å². The number of nitrogens with one attached hydrogen (secondary N) is 2. The average Bonchev–Trinajstić information content (AvgIpc) is 2.57. The number of carbonyl (C=O) groups is 3. The van der Waals surface area contributed by atoms with Gasteiger partial charge in [0.25, 0.3) is 5.91 Å². The lowest BCUT2D eigenvalue weighted by Crippen LogP contribution is -2.53. The van der Waals surface area contributed by atoms with E-state index in [4.69, 9.17) is 4.74 Å². The Balaban J connectivity index is 2.84. The predicted molar refractivity (Wildman–Crippen MR) is 98.1 cm³/mol. The summed E-state index contributed by atoms with van der Waals surface area (Å²) in [6, 6.07) is 4.69. The van der Waals surface area contributed by atoms with Crippen molar-refractivity contribution in [3.8, 4) is 5.75 Å². The monoisotopic (exact) mass is 364 g/mol. The number of rotatable bonds is 9. The fourth-order valence-corrected chi connectivity index (χ4v) is 2.46. The van der Waals surface area contributed by atoms with Crippen molar-refractivity contribution in [1.82, 2.24) is 10.6 Å². The molecular weight excluding hydrogens is 336 g/mol. The molecule has 3 N–H and O–H groups in total. The Morgan fingerprint density at radius 3 is 2.04 bits per heavy atom. The highest BCUT2D eigenvalue weighted by molar-refractivity contribution is 5.98. The molecule has 1 rings (SSSR count). The fourth-order valence-electron chi connectivity index (χ4n) is 2.46. The molecule has 0 saturated heterocycles. The van der Waals surface area contributed by atoms with Crippen molar-refractivity contribution in [3.63, 3.8) is 0 Å². The van der Waals surface area contributed by atoms with Crippen molar-refractivity contribution >= 4 is 17.8 Å². The van der Waals surface area contributed by atoms with Crippen LogP contribution in [0.15, 0.2) is 24.3 Å². The van der Waals surface area contributed by atoms with Gasteiger partial charge in [0, 0.05) is 5.56 Å². The summed E-state index contributed by atoms with van der Waals surface area (Å²) in [5.41, 5.74) is 0.390. The number of methoxy groups -OCH3 is 1. The minimum Gasteiger partial charge on any atom is -0.497 e. The molecule has 0 fully saturated rings. The minimum atomic E-state index is -1.09. The number of aliphatic carboxylic acids is 1. The molecule has 7 heteroatoms. The number of hydrogen-bond acceptors (Lipinski definition) is 4. The first-order valence-corrected chi connectivity index (χ1v) is 8.63. The van der Waals surface area contributed by atoms with E-state index in [-0.39, 0.29) is 11.8 Å². The molecule has 0 aliphatic heterocycles. The van der Waals surface area contributed by atoms with Crippen molar-refractivity contribution in [2.24, 2.45) is 11.8 Å². The zero-order valence-corrected chi connectivity index (χ0v) is 15.9. The lowest BCUT2D eigenvalue weighted by Gasteiger charge is -2.24. The average molecular weight is 364 g/mol.